The van der Waals surface area contributed by atoms with Crippen LogP contribution in [0.2, 0.25) is 0 Å². The van der Waals surface area contributed by atoms with Crippen molar-refractivity contribution in [3.05, 3.63) is 29.3 Å². The van der Waals surface area contributed by atoms with Crippen LogP contribution in [-0.4, -0.2) is 20.1 Å². The van der Waals surface area contributed by atoms with Crippen molar-refractivity contribution in [1.29, 1.82) is 0 Å². The molecule has 2 aromatic heterocycles. The van der Waals surface area contributed by atoms with Crippen molar-refractivity contribution in [2.24, 2.45) is 0 Å². The van der Waals surface area contributed by atoms with Crippen LogP contribution in [0.15, 0.2) is 12.3 Å². The molecule has 2 rings (SSSR count). The molecule has 0 aliphatic carbocycles. The van der Waals surface area contributed by atoms with E-state index in [0.29, 0.717) is 5.92 Å². The Hall–Kier alpha value is -0.680. The normalized spacial score (nSPS) is 11.6. The summed E-state index contributed by atoms with van der Waals surface area (Å²) in [6, 6.07) is 2.19. The van der Waals surface area contributed by atoms with Crippen LogP contribution in [0.3, 0.4) is 0 Å². The maximum atomic E-state index is 4.64. The van der Waals surface area contributed by atoms with Gasteiger partial charge in [-0.3, -0.25) is 4.40 Å². The number of hydrogen-bond donors (Lipinski definition) is 1. The van der Waals surface area contributed by atoms with E-state index < -0.39 is 0 Å². The van der Waals surface area contributed by atoms with Crippen LogP contribution in [0.4, 0.5) is 0 Å². The van der Waals surface area contributed by atoms with Gasteiger partial charge in [0, 0.05) is 29.8 Å². The molecule has 5 heteroatoms. The Morgan fingerprint density at radius 1 is 1.39 bits per heavy atom. The summed E-state index contributed by atoms with van der Waals surface area (Å²) in [5, 5.41) is 0. The number of hydrogen-bond acceptors (Lipinski definition) is 4. The van der Waals surface area contributed by atoms with Gasteiger partial charge in [0.15, 0.2) is 0 Å². The fourth-order valence-electron chi connectivity index (χ4n) is 1.93. The summed E-state index contributed by atoms with van der Waals surface area (Å²) in [5.41, 5.74) is 3.50. The van der Waals surface area contributed by atoms with Crippen molar-refractivity contribution >= 4 is 28.2 Å². The molecule has 2 heterocycles. The highest BCUT2D eigenvalue weighted by Crippen LogP contribution is 2.17. The van der Waals surface area contributed by atoms with Crippen LogP contribution in [0.5, 0.6) is 0 Å². The monoisotopic (exact) mass is 281 g/mol. The Bertz CT molecular complexity index is 534. The minimum absolute atomic E-state index is 0.438. The zero-order valence-electron chi connectivity index (χ0n) is 11.1. The molecule has 0 amide bonds. The van der Waals surface area contributed by atoms with Gasteiger partial charge in [0.1, 0.15) is 0 Å². The lowest BCUT2D eigenvalue weighted by Gasteiger charge is -2.08. The Morgan fingerprint density at radius 3 is 2.78 bits per heavy atom. The highest BCUT2D eigenvalue weighted by Gasteiger charge is 2.10. The third-order valence-corrected chi connectivity index (χ3v) is 3.93. The van der Waals surface area contributed by atoms with E-state index in [9.17, 15) is 0 Å². The first-order valence-electron chi connectivity index (χ1n) is 6.29. The molecule has 0 aromatic carbocycles. The molecule has 0 unspecified atom stereocenters. The molecule has 0 fully saturated rings. The molecule has 0 N–H and O–H groups in total. The van der Waals surface area contributed by atoms with Crippen LogP contribution < -0.4 is 0 Å². The summed E-state index contributed by atoms with van der Waals surface area (Å²) in [5.74, 6) is 2.25. The van der Waals surface area contributed by atoms with Gasteiger partial charge >= 0.3 is 0 Å². The summed E-state index contributed by atoms with van der Waals surface area (Å²) in [7, 11) is 1.55. The van der Waals surface area contributed by atoms with E-state index >= 15 is 0 Å². The molecule has 98 valence electrons. The lowest BCUT2D eigenvalue weighted by molar-refractivity contribution is 0.802. The van der Waals surface area contributed by atoms with E-state index in [1.54, 1.807) is 10.8 Å². The van der Waals surface area contributed by atoms with Gasteiger partial charge in [-0.2, -0.15) is 0 Å². The van der Waals surface area contributed by atoms with Gasteiger partial charge in [0.25, 0.3) is 0 Å². The second-order valence-corrected chi connectivity index (χ2v) is 6.11. The first-order valence-corrected chi connectivity index (χ1v) is 8.33. The van der Waals surface area contributed by atoms with Gasteiger partial charge < -0.3 is 0 Å². The van der Waals surface area contributed by atoms with E-state index in [-0.39, 0.29) is 0 Å². The zero-order valence-corrected chi connectivity index (χ0v) is 12.8. The van der Waals surface area contributed by atoms with Gasteiger partial charge in [-0.15, -0.1) is 11.7 Å². The summed E-state index contributed by atoms with van der Waals surface area (Å²) in [6.07, 6.45) is 4.04. The molecule has 0 saturated carbocycles. The molecule has 0 aliphatic heterocycles. The quantitative estimate of drug-likeness (QED) is 0.671. The lowest BCUT2D eigenvalue weighted by atomic mass is 10.1. The highest BCUT2D eigenvalue weighted by atomic mass is 33.1. The molecule has 0 radical (unpaired) electrons. The van der Waals surface area contributed by atoms with Crippen LogP contribution in [-0.2, 0) is 12.8 Å². The van der Waals surface area contributed by atoms with Gasteiger partial charge in [-0.1, -0.05) is 31.6 Å². The summed E-state index contributed by atoms with van der Waals surface area (Å²) in [4.78, 5) is 9.24. The lowest BCUT2D eigenvalue weighted by Crippen LogP contribution is -2.02. The third kappa shape index (κ3) is 2.83. The average molecular weight is 281 g/mol. The second kappa shape index (κ2) is 5.97. The van der Waals surface area contributed by atoms with Crippen LogP contribution in [0, 0.1) is 0 Å². The van der Waals surface area contributed by atoms with Crippen LogP contribution in [0.1, 0.15) is 43.8 Å². The van der Waals surface area contributed by atoms with Gasteiger partial charge in [0.05, 0.1) is 5.69 Å². The molecular formula is C13H19N3S2. The van der Waals surface area contributed by atoms with Crippen molar-refractivity contribution < 1.29 is 0 Å². The predicted molar refractivity (Wildman–Crippen MR) is 81.6 cm³/mol. The van der Waals surface area contributed by atoms with Crippen LogP contribution in [0.25, 0.3) is 5.78 Å². The standard InChI is InChI=1S/C13H19N3S2/c1-4-11-7-12(9(2)3)15-13-14-10(5-6-18-17)8-16(11)13/h7-9,17H,4-6H2,1-3H3. The number of aryl methyl sites for hydroxylation is 2. The van der Waals surface area contributed by atoms with Crippen molar-refractivity contribution in [2.75, 3.05) is 5.75 Å². The zero-order chi connectivity index (χ0) is 13.1. The third-order valence-electron chi connectivity index (χ3n) is 2.99. The Balaban J connectivity index is 2.46. The molecule has 0 aliphatic rings. The topological polar surface area (TPSA) is 30.2 Å². The fourth-order valence-corrected chi connectivity index (χ4v) is 2.51. The maximum Gasteiger partial charge on any atom is 0.234 e. The van der Waals surface area contributed by atoms with Crippen molar-refractivity contribution in [2.45, 2.75) is 39.5 Å². The summed E-state index contributed by atoms with van der Waals surface area (Å²) in [6.45, 7) is 6.50. The van der Waals surface area contributed by atoms with Crippen molar-refractivity contribution in [3.63, 3.8) is 0 Å². The molecule has 0 atom stereocenters. The first kappa shape index (κ1) is 13.7. The first-order chi connectivity index (χ1) is 8.65. The highest BCUT2D eigenvalue weighted by molar-refractivity contribution is 8.68. The van der Waals surface area contributed by atoms with Gasteiger partial charge in [-0.05, 0) is 18.4 Å². The van der Waals surface area contributed by atoms with Crippen molar-refractivity contribution in [1.82, 2.24) is 14.4 Å². The number of thiol groups is 1. The fraction of sp³-hybridized carbons (Fsp3) is 0.538. The van der Waals surface area contributed by atoms with E-state index in [1.807, 2.05) is 0 Å². The molecule has 2 aromatic rings. The van der Waals surface area contributed by atoms with E-state index in [1.165, 1.54) is 5.69 Å². The SMILES string of the molecule is CCc1cc(C(C)C)nc2nc(CCSS)cn12. The number of nitrogens with zero attached hydrogens (tertiary/aromatic N) is 3. The minimum atomic E-state index is 0.438. The largest absolute Gasteiger partial charge is 0.288 e. The van der Waals surface area contributed by atoms with E-state index in [4.69, 9.17) is 0 Å². The summed E-state index contributed by atoms with van der Waals surface area (Å²) >= 11 is 4.16. The smallest absolute Gasteiger partial charge is 0.234 e. The molecule has 0 saturated heterocycles. The van der Waals surface area contributed by atoms with E-state index in [2.05, 4.69) is 59.1 Å². The molecular weight excluding hydrogens is 262 g/mol. The maximum absolute atomic E-state index is 4.64. The molecule has 18 heavy (non-hydrogen) atoms. The summed E-state index contributed by atoms with van der Waals surface area (Å²) < 4.78 is 2.12. The van der Waals surface area contributed by atoms with Crippen LogP contribution >= 0.6 is 22.5 Å². The number of aromatic nitrogens is 3. The average Bonchev–Trinajstić information content (AvgIpc) is 2.77. The van der Waals surface area contributed by atoms with Gasteiger partial charge in [0.2, 0.25) is 5.78 Å². The Morgan fingerprint density at radius 2 is 2.17 bits per heavy atom. The van der Waals surface area contributed by atoms with Gasteiger partial charge in [-0.25, -0.2) is 9.97 Å². The molecule has 0 spiro atoms. The molecule has 0 bridgehead atoms. The Kier molecular flexibility index (Phi) is 4.56. The number of rotatable bonds is 5. The number of imidazole rings is 1. The number of fused-ring (bicyclic) bond motifs is 1. The Labute approximate surface area is 117 Å². The van der Waals surface area contributed by atoms with E-state index in [0.717, 1.165) is 35.8 Å². The predicted octanol–water partition coefficient (Wildman–Crippen LogP) is 3.54. The minimum Gasteiger partial charge on any atom is -0.288 e. The van der Waals surface area contributed by atoms with Crippen molar-refractivity contribution in [3.8, 4) is 0 Å². The second-order valence-electron chi connectivity index (χ2n) is 4.67. The molecule has 3 nitrogen and oxygen atoms in total.